The first-order valence-corrected chi connectivity index (χ1v) is 8.83. The molecule has 1 saturated carbocycles. The lowest BCUT2D eigenvalue weighted by Crippen LogP contribution is -2.52. The zero-order chi connectivity index (χ0) is 13.9. The van der Waals surface area contributed by atoms with Gasteiger partial charge in [-0.15, -0.1) is 0 Å². The summed E-state index contributed by atoms with van der Waals surface area (Å²) in [4.78, 5) is 24.7. The highest BCUT2D eigenvalue weighted by atomic mass is 32.2. The van der Waals surface area contributed by atoms with E-state index in [4.69, 9.17) is 5.11 Å². The molecule has 0 aromatic heterocycles. The number of nitrogens with one attached hydrogen (secondary N) is 1. The molecule has 19 heavy (non-hydrogen) atoms. The number of aliphatic carboxylic acids is 1. The molecule has 0 aromatic carbocycles. The van der Waals surface area contributed by atoms with Gasteiger partial charge in [0.1, 0.15) is 0 Å². The third kappa shape index (κ3) is 3.95. The van der Waals surface area contributed by atoms with E-state index in [1.165, 1.54) is 0 Å². The van der Waals surface area contributed by atoms with E-state index in [-0.39, 0.29) is 23.2 Å². The van der Waals surface area contributed by atoms with Crippen LogP contribution in [0.3, 0.4) is 0 Å². The number of hydrogen-bond donors (Lipinski definition) is 2. The van der Waals surface area contributed by atoms with Gasteiger partial charge in [0.25, 0.3) is 0 Å². The van der Waals surface area contributed by atoms with Crippen molar-refractivity contribution in [2.24, 2.45) is 0 Å². The van der Waals surface area contributed by atoms with Crippen LogP contribution in [-0.4, -0.2) is 63.6 Å². The van der Waals surface area contributed by atoms with Gasteiger partial charge in [0.05, 0.1) is 12.5 Å². The predicted molar refractivity (Wildman–Crippen MR) is 79.0 cm³/mol. The molecule has 2 aliphatic rings. The monoisotopic (exact) mass is 304 g/mol. The van der Waals surface area contributed by atoms with Crippen LogP contribution in [0, 0.1) is 0 Å². The van der Waals surface area contributed by atoms with Crippen molar-refractivity contribution in [3.8, 4) is 0 Å². The Morgan fingerprint density at radius 1 is 1.53 bits per heavy atom. The van der Waals surface area contributed by atoms with Crippen LogP contribution in [0.1, 0.15) is 19.3 Å². The molecule has 1 saturated heterocycles. The lowest BCUT2D eigenvalue weighted by Gasteiger charge is -2.35. The highest BCUT2D eigenvalue weighted by Crippen LogP contribution is 2.46. The Balaban J connectivity index is 1.86. The van der Waals surface area contributed by atoms with Gasteiger partial charge in [-0.3, -0.25) is 4.79 Å². The number of carboxylic acids is 1. The van der Waals surface area contributed by atoms with E-state index < -0.39 is 5.97 Å². The molecule has 7 heteroatoms. The van der Waals surface area contributed by atoms with Crippen molar-refractivity contribution in [3.05, 3.63) is 0 Å². The molecule has 2 rings (SSSR count). The first-order chi connectivity index (χ1) is 9.06. The quantitative estimate of drug-likeness (QED) is 0.805. The lowest BCUT2D eigenvalue weighted by molar-refractivity contribution is -0.137. The van der Waals surface area contributed by atoms with E-state index in [9.17, 15) is 9.59 Å². The topological polar surface area (TPSA) is 69.6 Å². The normalized spacial score (nSPS) is 24.9. The number of rotatable bonds is 5. The first-order valence-electron chi connectivity index (χ1n) is 6.45. The number of hydrogen-bond acceptors (Lipinski definition) is 4. The Kier molecular flexibility index (Phi) is 4.89. The molecule has 5 nitrogen and oxygen atoms in total. The minimum Gasteiger partial charge on any atom is -0.481 e. The molecule has 0 bridgehead atoms. The molecular formula is C12H20N2O3S2. The summed E-state index contributed by atoms with van der Waals surface area (Å²) < 4.78 is 0.239. The van der Waals surface area contributed by atoms with Crippen molar-refractivity contribution in [3.63, 3.8) is 0 Å². The maximum atomic E-state index is 12.2. The van der Waals surface area contributed by atoms with E-state index in [0.29, 0.717) is 18.8 Å². The molecule has 1 heterocycles. The summed E-state index contributed by atoms with van der Waals surface area (Å²) in [6.45, 7) is 1.33. The molecular weight excluding hydrogens is 284 g/mol. The number of carbonyl (C=O) groups is 2. The van der Waals surface area contributed by atoms with Crippen LogP contribution < -0.4 is 5.32 Å². The summed E-state index contributed by atoms with van der Waals surface area (Å²) >= 11 is 3.52. The van der Waals surface area contributed by atoms with Crippen molar-refractivity contribution >= 4 is 35.5 Å². The molecule has 1 unspecified atom stereocenters. The summed E-state index contributed by atoms with van der Waals surface area (Å²) in [7, 11) is 0. The molecule has 2 fully saturated rings. The van der Waals surface area contributed by atoms with E-state index in [2.05, 4.69) is 11.6 Å². The largest absolute Gasteiger partial charge is 0.481 e. The van der Waals surface area contributed by atoms with Crippen molar-refractivity contribution in [1.82, 2.24) is 10.2 Å². The second kappa shape index (κ2) is 6.26. The molecule has 2 amide bonds. The first kappa shape index (κ1) is 14.8. The van der Waals surface area contributed by atoms with Crippen molar-refractivity contribution in [2.45, 2.75) is 30.1 Å². The minimum atomic E-state index is -0.840. The average molecular weight is 304 g/mol. The third-order valence-electron chi connectivity index (χ3n) is 3.70. The third-order valence-corrected chi connectivity index (χ3v) is 6.21. The number of carbonyl (C=O) groups excluding carboxylic acids is 1. The highest BCUT2D eigenvalue weighted by molar-refractivity contribution is 8.00. The number of amides is 2. The van der Waals surface area contributed by atoms with Crippen molar-refractivity contribution in [2.75, 3.05) is 30.9 Å². The number of urea groups is 1. The van der Waals surface area contributed by atoms with Gasteiger partial charge in [-0.1, -0.05) is 0 Å². The SMILES string of the molecule is CSC1(CNC(=O)N2CCSCC2CC(=O)O)CC1. The fourth-order valence-corrected chi connectivity index (χ4v) is 4.01. The van der Waals surface area contributed by atoms with Crippen LogP contribution in [0.15, 0.2) is 0 Å². The lowest BCUT2D eigenvalue weighted by atomic mass is 10.2. The Bertz CT molecular complexity index is 361. The van der Waals surface area contributed by atoms with Gasteiger partial charge in [0.15, 0.2) is 0 Å². The Morgan fingerprint density at radius 3 is 2.84 bits per heavy atom. The number of nitrogens with zero attached hydrogens (tertiary/aromatic N) is 1. The second-order valence-corrected chi connectivity index (χ2v) is 7.49. The van der Waals surface area contributed by atoms with Crippen LogP contribution in [0.5, 0.6) is 0 Å². The summed E-state index contributed by atoms with van der Waals surface area (Å²) in [5.74, 6) is 0.762. The van der Waals surface area contributed by atoms with E-state index in [0.717, 1.165) is 18.6 Å². The van der Waals surface area contributed by atoms with Gasteiger partial charge >= 0.3 is 12.0 Å². The number of thioether (sulfide) groups is 2. The Hall–Kier alpha value is -0.560. The summed E-state index contributed by atoms with van der Waals surface area (Å²) in [6, 6.07) is -0.285. The maximum absolute atomic E-state index is 12.2. The summed E-state index contributed by atoms with van der Waals surface area (Å²) in [5.41, 5.74) is 0. The fourth-order valence-electron chi connectivity index (χ4n) is 2.22. The van der Waals surface area contributed by atoms with Gasteiger partial charge in [0, 0.05) is 29.3 Å². The van der Waals surface area contributed by atoms with Crippen LogP contribution >= 0.6 is 23.5 Å². The highest BCUT2D eigenvalue weighted by Gasteiger charge is 2.42. The second-order valence-electron chi connectivity index (χ2n) is 5.07. The van der Waals surface area contributed by atoms with Crippen LogP contribution in [0.2, 0.25) is 0 Å². The molecule has 0 radical (unpaired) electrons. The van der Waals surface area contributed by atoms with Gasteiger partial charge in [-0.05, 0) is 19.1 Å². The van der Waals surface area contributed by atoms with Gasteiger partial charge in [0.2, 0.25) is 0 Å². The van der Waals surface area contributed by atoms with Gasteiger partial charge in [-0.2, -0.15) is 23.5 Å². The standard InChI is InChI=1S/C12H20N2O3S2/c1-18-12(2-3-12)8-13-11(17)14-4-5-19-7-9(14)6-10(15)16/h9H,2-8H2,1H3,(H,13,17)(H,15,16). The smallest absolute Gasteiger partial charge is 0.317 e. The van der Waals surface area contributed by atoms with E-state index in [1.807, 2.05) is 0 Å². The molecule has 0 spiro atoms. The molecule has 2 N–H and O–H groups in total. The zero-order valence-corrected chi connectivity index (χ0v) is 12.7. The van der Waals surface area contributed by atoms with E-state index >= 15 is 0 Å². The molecule has 1 aliphatic heterocycles. The Labute approximate surface area is 121 Å². The predicted octanol–water partition coefficient (Wildman–Crippen LogP) is 1.48. The van der Waals surface area contributed by atoms with Gasteiger partial charge in [-0.25, -0.2) is 4.79 Å². The molecule has 108 valence electrons. The van der Waals surface area contributed by atoms with Crippen LogP contribution in [-0.2, 0) is 4.79 Å². The molecule has 0 aromatic rings. The van der Waals surface area contributed by atoms with Crippen molar-refractivity contribution < 1.29 is 14.7 Å². The minimum absolute atomic E-state index is 0.0358. The van der Waals surface area contributed by atoms with Gasteiger partial charge < -0.3 is 15.3 Å². The van der Waals surface area contributed by atoms with Crippen molar-refractivity contribution in [1.29, 1.82) is 0 Å². The maximum Gasteiger partial charge on any atom is 0.317 e. The molecule has 1 atom stereocenters. The fraction of sp³-hybridized carbons (Fsp3) is 0.833. The summed E-state index contributed by atoms with van der Waals surface area (Å²) in [6.07, 6.45) is 4.42. The molecule has 1 aliphatic carbocycles. The van der Waals surface area contributed by atoms with Crippen LogP contribution in [0.25, 0.3) is 0 Å². The average Bonchev–Trinajstić information content (AvgIpc) is 3.17. The van der Waals surface area contributed by atoms with Crippen LogP contribution in [0.4, 0.5) is 4.79 Å². The zero-order valence-electron chi connectivity index (χ0n) is 11.1. The van der Waals surface area contributed by atoms with E-state index in [1.54, 1.807) is 28.4 Å². The number of carboxylic acid groups (broad SMARTS) is 1. The Morgan fingerprint density at radius 2 is 2.26 bits per heavy atom. The summed E-state index contributed by atoms with van der Waals surface area (Å²) in [5, 5.41) is 11.9.